The summed E-state index contributed by atoms with van der Waals surface area (Å²) < 4.78 is 11.2. The normalized spacial score (nSPS) is 29.1. The van der Waals surface area contributed by atoms with E-state index in [0.717, 1.165) is 6.42 Å². The Morgan fingerprint density at radius 1 is 1.30 bits per heavy atom. The van der Waals surface area contributed by atoms with Crippen LogP contribution in [0.4, 0.5) is 11.6 Å². The van der Waals surface area contributed by atoms with Crippen molar-refractivity contribution in [2.75, 3.05) is 5.32 Å². The molecule has 1 N–H and O–H groups in total. The molecule has 4 aromatic rings. The second-order valence-corrected chi connectivity index (χ2v) is 8.69. The molecule has 30 heavy (non-hydrogen) atoms. The van der Waals surface area contributed by atoms with Gasteiger partial charge in [-0.1, -0.05) is 11.6 Å². The van der Waals surface area contributed by atoms with Gasteiger partial charge in [0.1, 0.15) is 11.8 Å². The van der Waals surface area contributed by atoms with Gasteiger partial charge in [0.2, 0.25) is 5.95 Å². The van der Waals surface area contributed by atoms with Crippen molar-refractivity contribution < 1.29 is 4.74 Å². The van der Waals surface area contributed by atoms with E-state index in [1.54, 1.807) is 34.6 Å². The highest BCUT2D eigenvalue weighted by Crippen LogP contribution is 2.63. The molecule has 152 valence electrons. The van der Waals surface area contributed by atoms with Crippen LogP contribution in [0.3, 0.4) is 0 Å². The van der Waals surface area contributed by atoms with E-state index in [2.05, 4.69) is 20.4 Å². The molecule has 2 aliphatic carbocycles. The minimum Gasteiger partial charge on any atom is -0.372 e. The summed E-state index contributed by atoms with van der Waals surface area (Å²) in [5.41, 5.74) is 2.48. The minimum absolute atomic E-state index is 0.0442. The molecule has 0 aromatic carbocycles. The lowest BCUT2D eigenvalue weighted by Crippen LogP contribution is -2.36. The van der Waals surface area contributed by atoms with Crippen molar-refractivity contribution in [2.24, 2.45) is 18.9 Å². The van der Waals surface area contributed by atoms with Crippen molar-refractivity contribution in [2.45, 2.75) is 31.1 Å². The van der Waals surface area contributed by atoms with Gasteiger partial charge in [0, 0.05) is 19.0 Å². The maximum Gasteiger partial charge on any atom is 0.330 e. The second kappa shape index (κ2) is 5.58. The molecule has 5 atom stereocenters. The van der Waals surface area contributed by atoms with Gasteiger partial charge in [-0.05, 0) is 18.8 Å². The highest BCUT2D eigenvalue weighted by Gasteiger charge is 2.67. The van der Waals surface area contributed by atoms with Crippen LogP contribution in [0, 0.1) is 11.8 Å². The zero-order chi connectivity index (χ0) is 20.1. The maximum atomic E-state index is 13.1. The topological polar surface area (TPSA) is 104 Å². The van der Waals surface area contributed by atoms with Crippen molar-refractivity contribution in [1.29, 1.82) is 0 Å². The molecule has 0 radical (unpaired) electrons. The number of hydrogen-bond donors (Lipinski definition) is 1. The van der Waals surface area contributed by atoms with Gasteiger partial charge in [-0.25, -0.2) is 19.3 Å². The van der Waals surface area contributed by atoms with Crippen LogP contribution in [0.5, 0.6) is 0 Å². The number of anilines is 2. The van der Waals surface area contributed by atoms with E-state index in [9.17, 15) is 4.79 Å². The molecule has 8 rings (SSSR count). The standard InChI is InChI=1S/C19H17ClN8O2/c1-26-11-5-21-18(24-10-6-27-13(4-9(10)20)22-7-23-27)25-17(11)28(19(26)29)15-12-3-2-8-14(15)16(8)30-12/h4-8,12,14-16H,2-3H2,1H3,(H,21,24,25). The highest BCUT2D eigenvalue weighted by molar-refractivity contribution is 6.33. The number of imidazole rings is 1. The Labute approximate surface area is 174 Å². The molecule has 4 aliphatic rings. The Kier molecular flexibility index (Phi) is 3.12. The third-order valence-electron chi connectivity index (χ3n) is 6.79. The summed E-state index contributed by atoms with van der Waals surface area (Å²) in [6, 6.07) is 1.76. The number of aryl methyl sites for hydroxylation is 1. The number of rotatable bonds is 3. The predicted octanol–water partition coefficient (Wildman–Crippen LogP) is 1.92. The van der Waals surface area contributed by atoms with Gasteiger partial charge in [0.25, 0.3) is 0 Å². The van der Waals surface area contributed by atoms with Gasteiger partial charge in [-0.15, -0.1) is 0 Å². The van der Waals surface area contributed by atoms with E-state index in [4.69, 9.17) is 21.3 Å². The number of aromatic nitrogens is 7. The molecule has 4 fully saturated rings. The SMILES string of the molecule is Cn1c(=O)n(C2C3CCC4C(O3)C42)c2nc(Nc3cn4ncnc4cc3Cl)ncc21. The first-order valence-corrected chi connectivity index (χ1v) is 10.3. The van der Waals surface area contributed by atoms with Crippen LogP contribution in [0.15, 0.2) is 29.6 Å². The van der Waals surface area contributed by atoms with Gasteiger partial charge in [0.15, 0.2) is 11.3 Å². The summed E-state index contributed by atoms with van der Waals surface area (Å²) in [5.74, 6) is 1.36. The average Bonchev–Trinajstić information content (AvgIpc) is 2.99. The Hall–Kier alpha value is -2.98. The smallest absolute Gasteiger partial charge is 0.330 e. The molecular formula is C19H17ClN8O2. The number of nitrogens with zero attached hydrogens (tertiary/aromatic N) is 7. The molecule has 2 saturated heterocycles. The molecule has 0 spiro atoms. The van der Waals surface area contributed by atoms with Crippen molar-refractivity contribution in [1.82, 2.24) is 33.7 Å². The Morgan fingerprint density at radius 3 is 3.00 bits per heavy atom. The summed E-state index contributed by atoms with van der Waals surface area (Å²) in [4.78, 5) is 26.3. The van der Waals surface area contributed by atoms with E-state index in [1.807, 2.05) is 4.57 Å². The molecule has 2 saturated carbocycles. The Morgan fingerprint density at radius 2 is 2.20 bits per heavy atom. The Balaban J connectivity index is 1.34. The molecule has 0 amide bonds. The van der Waals surface area contributed by atoms with Crippen LogP contribution in [0.2, 0.25) is 5.02 Å². The summed E-state index contributed by atoms with van der Waals surface area (Å²) in [5, 5.41) is 7.76. The predicted molar refractivity (Wildman–Crippen MR) is 108 cm³/mol. The monoisotopic (exact) mass is 424 g/mol. The number of fused-ring (bicyclic) bond motifs is 3. The first kappa shape index (κ1) is 16.8. The first-order chi connectivity index (χ1) is 14.6. The molecule has 10 nitrogen and oxygen atoms in total. The van der Waals surface area contributed by atoms with E-state index in [1.165, 1.54) is 12.7 Å². The van der Waals surface area contributed by atoms with Crippen molar-refractivity contribution >= 4 is 40.0 Å². The van der Waals surface area contributed by atoms with E-state index in [-0.39, 0.29) is 17.8 Å². The van der Waals surface area contributed by atoms with Gasteiger partial charge in [-0.3, -0.25) is 9.13 Å². The maximum absolute atomic E-state index is 13.1. The fraction of sp³-hybridized carbons (Fsp3) is 0.421. The Bertz CT molecular complexity index is 1400. The minimum atomic E-state index is -0.0784. The molecule has 2 aliphatic heterocycles. The lowest BCUT2D eigenvalue weighted by molar-refractivity contribution is -0.00155. The van der Waals surface area contributed by atoms with Crippen molar-refractivity contribution in [3.8, 4) is 0 Å². The molecule has 4 bridgehead atoms. The van der Waals surface area contributed by atoms with Crippen LogP contribution in [-0.4, -0.2) is 45.9 Å². The summed E-state index contributed by atoms with van der Waals surface area (Å²) in [6.07, 6.45) is 7.45. The fourth-order valence-electron chi connectivity index (χ4n) is 5.34. The average molecular weight is 425 g/mol. The molecular weight excluding hydrogens is 408 g/mol. The number of halogens is 1. The summed E-state index contributed by atoms with van der Waals surface area (Å²) in [6.45, 7) is 0. The lowest BCUT2D eigenvalue weighted by atomic mass is 9.92. The second-order valence-electron chi connectivity index (χ2n) is 8.29. The highest BCUT2D eigenvalue weighted by atomic mass is 35.5. The van der Waals surface area contributed by atoms with Crippen molar-refractivity contribution in [3.05, 3.63) is 40.3 Å². The van der Waals surface area contributed by atoms with Crippen LogP contribution in [0.25, 0.3) is 16.8 Å². The van der Waals surface area contributed by atoms with Gasteiger partial charge in [0.05, 0.1) is 41.4 Å². The fourth-order valence-corrected chi connectivity index (χ4v) is 5.54. The third kappa shape index (κ3) is 2.09. The van der Waals surface area contributed by atoms with Crippen LogP contribution in [-0.2, 0) is 11.8 Å². The zero-order valence-electron chi connectivity index (χ0n) is 15.9. The van der Waals surface area contributed by atoms with Crippen LogP contribution >= 0.6 is 11.6 Å². The van der Waals surface area contributed by atoms with Gasteiger partial charge in [-0.2, -0.15) is 10.1 Å². The van der Waals surface area contributed by atoms with E-state index < -0.39 is 0 Å². The number of nitrogens with one attached hydrogen (secondary N) is 1. The lowest BCUT2D eigenvalue weighted by Gasteiger charge is -2.29. The number of hydrogen-bond acceptors (Lipinski definition) is 7. The molecule has 5 unspecified atom stereocenters. The van der Waals surface area contributed by atoms with Gasteiger partial charge < -0.3 is 10.1 Å². The summed E-state index contributed by atoms with van der Waals surface area (Å²) in [7, 11) is 1.76. The third-order valence-corrected chi connectivity index (χ3v) is 7.10. The molecule has 6 heterocycles. The largest absolute Gasteiger partial charge is 0.372 e. The van der Waals surface area contributed by atoms with Crippen LogP contribution < -0.4 is 11.0 Å². The number of ether oxygens (including phenoxy) is 1. The van der Waals surface area contributed by atoms with E-state index >= 15 is 0 Å². The van der Waals surface area contributed by atoms with Crippen LogP contribution in [0.1, 0.15) is 18.9 Å². The summed E-state index contributed by atoms with van der Waals surface area (Å²) >= 11 is 6.38. The molecule has 11 heteroatoms. The molecule has 4 aromatic heterocycles. The quantitative estimate of drug-likeness (QED) is 0.535. The zero-order valence-corrected chi connectivity index (χ0v) is 16.7. The van der Waals surface area contributed by atoms with E-state index in [0.29, 0.717) is 51.4 Å². The first-order valence-electron chi connectivity index (χ1n) is 9.95. The number of pyridine rings is 1. The van der Waals surface area contributed by atoms with Gasteiger partial charge >= 0.3 is 5.69 Å². The van der Waals surface area contributed by atoms with Crippen molar-refractivity contribution in [3.63, 3.8) is 0 Å².